The van der Waals surface area contributed by atoms with E-state index in [1.807, 2.05) is 35.0 Å². The smallest absolute Gasteiger partial charge is 0.142 e. The fourth-order valence-electron chi connectivity index (χ4n) is 1.46. The lowest BCUT2D eigenvalue weighted by Gasteiger charge is -2.08. The highest BCUT2D eigenvalue weighted by Gasteiger charge is 1.97. The summed E-state index contributed by atoms with van der Waals surface area (Å²) in [6.07, 6.45) is 6.45. The van der Waals surface area contributed by atoms with Gasteiger partial charge in [-0.15, -0.1) is 0 Å². The molecule has 0 amide bonds. The summed E-state index contributed by atoms with van der Waals surface area (Å²) < 4.78 is 7.60. The molecule has 2 N–H and O–H groups in total. The van der Waals surface area contributed by atoms with Crippen molar-refractivity contribution in [1.29, 1.82) is 0 Å². The first-order chi connectivity index (χ1) is 7.86. The molecule has 4 heteroatoms. The fourth-order valence-corrected chi connectivity index (χ4v) is 1.46. The molecular formula is C12H15N3O. The molecule has 2 aromatic rings. The van der Waals surface area contributed by atoms with Crippen LogP contribution in [0, 0.1) is 0 Å². The van der Waals surface area contributed by atoms with Crippen molar-refractivity contribution in [2.45, 2.75) is 13.0 Å². The van der Waals surface area contributed by atoms with Crippen LogP contribution in [-0.4, -0.2) is 16.2 Å². The minimum absolute atomic E-state index is 0.659. The van der Waals surface area contributed by atoms with Crippen LogP contribution in [0.5, 0.6) is 5.75 Å². The molecule has 16 heavy (non-hydrogen) atoms. The fraction of sp³-hybridized carbons (Fsp3) is 0.250. The Labute approximate surface area is 94.7 Å². The SMILES string of the molecule is Nc1ccccc1OCCCn1ccnc1. The molecule has 0 bridgehead atoms. The van der Waals surface area contributed by atoms with Crippen molar-refractivity contribution in [2.24, 2.45) is 0 Å². The van der Waals surface area contributed by atoms with Gasteiger partial charge in [0, 0.05) is 18.9 Å². The number of aryl methyl sites for hydroxylation is 1. The second kappa shape index (κ2) is 5.21. The molecular weight excluding hydrogens is 202 g/mol. The van der Waals surface area contributed by atoms with Crippen LogP contribution in [0.15, 0.2) is 43.0 Å². The summed E-state index contributed by atoms with van der Waals surface area (Å²) in [5.74, 6) is 0.758. The van der Waals surface area contributed by atoms with Gasteiger partial charge in [0.25, 0.3) is 0 Å². The zero-order valence-electron chi connectivity index (χ0n) is 9.04. The topological polar surface area (TPSA) is 53.1 Å². The summed E-state index contributed by atoms with van der Waals surface area (Å²) in [6, 6.07) is 7.53. The predicted molar refractivity (Wildman–Crippen MR) is 63.2 cm³/mol. The van der Waals surface area contributed by atoms with E-state index >= 15 is 0 Å². The van der Waals surface area contributed by atoms with Crippen molar-refractivity contribution in [3.05, 3.63) is 43.0 Å². The minimum atomic E-state index is 0.659. The minimum Gasteiger partial charge on any atom is -0.491 e. The number of nitrogen functional groups attached to an aromatic ring is 1. The van der Waals surface area contributed by atoms with Crippen molar-refractivity contribution in [3.63, 3.8) is 0 Å². The number of benzene rings is 1. The van der Waals surface area contributed by atoms with Crippen LogP contribution < -0.4 is 10.5 Å². The van der Waals surface area contributed by atoms with Crippen molar-refractivity contribution < 1.29 is 4.74 Å². The molecule has 0 radical (unpaired) electrons. The van der Waals surface area contributed by atoms with Gasteiger partial charge < -0.3 is 15.0 Å². The Morgan fingerprint density at radius 3 is 2.94 bits per heavy atom. The average molecular weight is 217 g/mol. The molecule has 0 aliphatic rings. The Hall–Kier alpha value is -1.97. The van der Waals surface area contributed by atoms with Crippen molar-refractivity contribution in [2.75, 3.05) is 12.3 Å². The van der Waals surface area contributed by atoms with Crippen molar-refractivity contribution >= 4 is 5.69 Å². The number of imidazole rings is 1. The van der Waals surface area contributed by atoms with Crippen LogP contribution in [0.2, 0.25) is 0 Å². The monoisotopic (exact) mass is 217 g/mol. The Balaban J connectivity index is 1.74. The number of nitrogens with two attached hydrogens (primary N) is 1. The normalized spacial score (nSPS) is 10.2. The van der Waals surface area contributed by atoms with Gasteiger partial charge in [-0.1, -0.05) is 12.1 Å². The van der Waals surface area contributed by atoms with Gasteiger partial charge in [-0.2, -0.15) is 0 Å². The van der Waals surface area contributed by atoms with E-state index in [-0.39, 0.29) is 0 Å². The van der Waals surface area contributed by atoms with Crippen LogP contribution in [0.3, 0.4) is 0 Å². The number of para-hydroxylation sites is 2. The van der Waals surface area contributed by atoms with Crippen LogP contribution >= 0.6 is 0 Å². The van der Waals surface area contributed by atoms with Crippen LogP contribution in [0.1, 0.15) is 6.42 Å². The van der Waals surface area contributed by atoms with E-state index < -0.39 is 0 Å². The Morgan fingerprint density at radius 1 is 1.31 bits per heavy atom. The van der Waals surface area contributed by atoms with Gasteiger partial charge in [0.1, 0.15) is 5.75 Å². The predicted octanol–water partition coefficient (Wildman–Crippen LogP) is 1.93. The lowest BCUT2D eigenvalue weighted by molar-refractivity contribution is 0.303. The summed E-state index contributed by atoms with van der Waals surface area (Å²) in [6.45, 7) is 1.57. The second-order valence-corrected chi connectivity index (χ2v) is 3.54. The third-order valence-electron chi connectivity index (χ3n) is 2.30. The molecule has 0 spiro atoms. The number of hydrogen-bond donors (Lipinski definition) is 1. The molecule has 0 saturated carbocycles. The number of hydrogen-bond acceptors (Lipinski definition) is 3. The molecule has 0 fully saturated rings. The number of rotatable bonds is 5. The van der Waals surface area contributed by atoms with Crippen LogP contribution in [0.25, 0.3) is 0 Å². The Bertz CT molecular complexity index is 426. The molecule has 1 aromatic heterocycles. The van der Waals surface area contributed by atoms with E-state index in [0.29, 0.717) is 12.3 Å². The van der Waals surface area contributed by atoms with Crippen molar-refractivity contribution in [3.8, 4) is 5.75 Å². The number of ether oxygens (including phenoxy) is 1. The number of anilines is 1. The summed E-state index contributed by atoms with van der Waals surface area (Å²) in [4.78, 5) is 3.98. The van der Waals surface area contributed by atoms with Gasteiger partial charge in [-0.05, 0) is 18.6 Å². The van der Waals surface area contributed by atoms with Crippen LogP contribution in [-0.2, 0) is 6.54 Å². The third kappa shape index (κ3) is 2.76. The van der Waals surface area contributed by atoms with Gasteiger partial charge in [-0.25, -0.2) is 4.98 Å². The van der Waals surface area contributed by atoms with Gasteiger partial charge >= 0.3 is 0 Å². The van der Waals surface area contributed by atoms with Crippen molar-refractivity contribution in [1.82, 2.24) is 9.55 Å². The standard InChI is InChI=1S/C12H15N3O/c13-11-4-1-2-5-12(11)16-9-3-7-15-8-6-14-10-15/h1-2,4-6,8,10H,3,7,9,13H2. The molecule has 2 rings (SSSR count). The summed E-state index contributed by atoms with van der Waals surface area (Å²) in [5, 5.41) is 0. The highest BCUT2D eigenvalue weighted by Crippen LogP contribution is 2.19. The van der Waals surface area contributed by atoms with Gasteiger partial charge in [0.15, 0.2) is 0 Å². The summed E-state index contributed by atoms with van der Waals surface area (Å²) in [7, 11) is 0. The first kappa shape index (κ1) is 10.5. The number of aromatic nitrogens is 2. The molecule has 0 atom stereocenters. The quantitative estimate of drug-likeness (QED) is 0.615. The maximum absolute atomic E-state index is 5.76. The van der Waals surface area contributed by atoms with E-state index in [2.05, 4.69) is 4.98 Å². The van der Waals surface area contributed by atoms with Gasteiger partial charge in [0.05, 0.1) is 18.6 Å². The summed E-state index contributed by atoms with van der Waals surface area (Å²) in [5.41, 5.74) is 6.44. The highest BCUT2D eigenvalue weighted by atomic mass is 16.5. The Morgan fingerprint density at radius 2 is 2.19 bits per heavy atom. The molecule has 84 valence electrons. The molecule has 0 saturated heterocycles. The molecule has 0 unspecified atom stereocenters. The first-order valence-electron chi connectivity index (χ1n) is 5.29. The van der Waals surface area contributed by atoms with Gasteiger partial charge in [0.2, 0.25) is 0 Å². The highest BCUT2D eigenvalue weighted by molar-refractivity contribution is 5.51. The molecule has 0 aliphatic carbocycles. The zero-order valence-corrected chi connectivity index (χ0v) is 9.04. The van der Waals surface area contributed by atoms with E-state index in [1.165, 1.54) is 0 Å². The third-order valence-corrected chi connectivity index (χ3v) is 2.30. The average Bonchev–Trinajstić information content (AvgIpc) is 2.79. The van der Waals surface area contributed by atoms with Crippen LogP contribution in [0.4, 0.5) is 5.69 Å². The number of nitrogens with zero attached hydrogens (tertiary/aromatic N) is 2. The van der Waals surface area contributed by atoms with E-state index in [1.54, 1.807) is 12.5 Å². The second-order valence-electron chi connectivity index (χ2n) is 3.54. The maximum Gasteiger partial charge on any atom is 0.142 e. The molecule has 4 nitrogen and oxygen atoms in total. The van der Waals surface area contributed by atoms with E-state index in [4.69, 9.17) is 10.5 Å². The molecule has 1 heterocycles. The zero-order chi connectivity index (χ0) is 11.2. The summed E-state index contributed by atoms with van der Waals surface area (Å²) >= 11 is 0. The molecule has 0 aliphatic heterocycles. The van der Waals surface area contributed by atoms with E-state index in [9.17, 15) is 0 Å². The lowest BCUT2D eigenvalue weighted by Crippen LogP contribution is -2.04. The Kier molecular flexibility index (Phi) is 3.43. The maximum atomic E-state index is 5.76. The first-order valence-corrected chi connectivity index (χ1v) is 5.29. The van der Waals surface area contributed by atoms with Gasteiger partial charge in [-0.3, -0.25) is 0 Å². The lowest BCUT2D eigenvalue weighted by atomic mass is 10.3. The largest absolute Gasteiger partial charge is 0.491 e. The molecule has 1 aromatic carbocycles. The van der Waals surface area contributed by atoms with E-state index in [0.717, 1.165) is 18.7 Å².